The van der Waals surface area contributed by atoms with E-state index >= 15 is 0 Å². The number of nitrogens with zero attached hydrogens (tertiary/aromatic N) is 1. The average Bonchev–Trinajstić information content (AvgIpc) is 2.36. The van der Waals surface area contributed by atoms with Crippen molar-refractivity contribution in [1.82, 2.24) is 0 Å². The maximum Gasteiger partial charge on any atom is 1.00 e. The number of rotatable bonds is 13. The molecule has 0 spiro atoms. The van der Waals surface area contributed by atoms with Gasteiger partial charge in [-0.05, 0) is 18.7 Å². The molecule has 0 aromatic rings. The van der Waals surface area contributed by atoms with Gasteiger partial charge in [0.25, 0.3) is 0 Å². The fourth-order valence-corrected chi connectivity index (χ4v) is 1.94. The summed E-state index contributed by atoms with van der Waals surface area (Å²) in [6.45, 7) is 2.34. The van der Waals surface area contributed by atoms with Crippen LogP contribution in [0.15, 0.2) is 4.99 Å². The third kappa shape index (κ3) is 18.6. The molecule has 0 aliphatic rings. The monoisotopic (exact) mass is 309 g/mol. The summed E-state index contributed by atoms with van der Waals surface area (Å²) >= 11 is 0. The van der Waals surface area contributed by atoms with Crippen molar-refractivity contribution in [3.63, 3.8) is 0 Å². The fraction of sp³-hybridized carbons (Fsp3) is 0.867. The number of carboxylic acids is 1. The predicted octanol–water partition coefficient (Wildman–Crippen LogP) is 0.145. The zero-order chi connectivity index (χ0) is 14.3. The van der Waals surface area contributed by atoms with Crippen LogP contribution < -0.4 is 56.5 Å². The number of hydrogen-bond acceptors (Lipinski definition) is 3. The first-order valence-electron chi connectivity index (χ1n) is 7.59. The summed E-state index contributed by atoms with van der Waals surface area (Å²) in [7, 11) is 0. The molecule has 0 saturated carbocycles. The zero-order valence-electron chi connectivity index (χ0n) is 13.2. The van der Waals surface area contributed by atoms with Crippen LogP contribution in [0.3, 0.4) is 0 Å². The minimum Gasteiger partial charge on any atom is -0.862 e. The summed E-state index contributed by atoms with van der Waals surface area (Å²) in [5.74, 6) is -1.05. The van der Waals surface area contributed by atoms with E-state index in [0.29, 0.717) is 6.42 Å². The van der Waals surface area contributed by atoms with Gasteiger partial charge in [0.15, 0.2) is 0 Å². The molecule has 0 amide bonds. The van der Waals surface area contributed by atoms with Gasteiger partial charge in [0.05, 0.1) is 6.42 Å². The summed E-state index contributed by atoms with van der Waals surface area (Å²) in [6.07, 6.45) is 11.4. The molecule has 20 heavy (non-hydrogen) atoms. The van der Waals surface area contributed by atoms with Crippen LogP contribution >= 0.6 is 0 Å². The van der Waals surface area contributed by atoms with Crippen molar-refractivity contribution in [1.29, 1.82) is 0 Å². The summed E-state index contributed by atoms with van der Waals surface area (Å²) in [5.41, 5.74) is 0. The average molecular weight is 309 g/mol. The van der Waals surface area contributed by atoms with Crippen LogP contribution in [0.25, 0.3) is 0 Å². The van der Waals surface area contributed by atoms with E-state index in [1.165, 1.54) is 44.9 Å². The van der Waals surface area contributed by atoms with Gasteiger partial charge in [-0.3, -0.25) is 4.79 Å². The maximum atomic E-state index is 11.3. The molecular formula is C15H28KNO3. The van der Waals surface area contributed by atoms with Crippen molar-refractivity contribution in [3.05, 3.63) is 0 Å². The maximum absolute atomic E-state index is 11.3. The number of aliphatic imine (C=N–C) groups is 1. The van der Waals surface area contributed by atoms with E-state index < -0.39 is 5.97 Å². The Morgan fingerprint density at radius 2 is 1.45 bits per heavy atom. The number of aliphatic carboxylic acids is 1. The molecule has 1 N–H and O–H groups in total. The smallest absolute Gasteiger partial charge is 0.862 e. The summed E-state index contributed by atoms with van der Waals surface area (Å²) in [4.78, 5) is 13.9. The SMILES string of the molecule is CCCCCCCCCCCC([O-])=NCCC(=O)O.[K+]. The largest absolute Gasteiger partial charge is 1.00 e. The molecule has 0 rings (SSSR count). The Labute approximate surface area is 165 Å². The Morgan fingerprint density at radius 1 is 0.950 bits per heavy atom. The Kier molecular flexibility index (Phi) is 20.1. The van der Waals surface area contributed by atoms with E-state index in [-0.39, 0.29) is 70.2 Å². The second-order valence-electron chi connectivity index (χ2n) is 5.00. The third-order valence-corrected chi connectivity index (χ3v) is 3.11. The van der Waals surface area contributed by atoms with Gasteiger partial charge < -0.3 is 15.2 Å². The predicted molar refractivity (Wildman–Crippen MR) is 76.4 cm³/mol. The molecule has 0 bridgehead atoms. The van der Waals surface area contributed by atoms with Gasteiger partial charge >= 0.3 is 57.4 Å². The summed E-state index contributed by atoms with van der Waals surface area (Å²) in [6, 6.07) is 0. The van der Waals surface area contributed by atoms with E-state index in [2.05, 4.69) is 11.9 Å². The molecule has 0 saturated heterocycles. The molecule has 0 atom stereocenters. The van der Waals surface area contributed by atoms with Crippen molar-refractivity contribution in [2.75, 3.05) is 6.54 Å². The molecule has 0 aliphatic carbocycles. The standard InChI is InChI=1S/C15H29NO3.K/c1-2-3-4-5-6-7-8-9-10-11-14(17)16-13-12-15(18)19;/h2-13H2,1H3,(H,16,17)(H,18,19);/q;+1/p-1. The molecular weight excluding hydrogens is 281 g/mol. The van der Waals surface area contributed by atoms with E-state index in [1.54, 1.807) is 0 Å². The van der Waals surface area contributed by atoms with Gasteiger partial charge in [-0.1, -0.05) is 58.3 Å². The molecule has 0 aromatic heterocycles. The van der Waals surface area contributed by atoms with Gasteiger partial charge in [-0.25, -0.2) is 0 Å². The minimum absolute atomic E-state index is 0. The Morgan fingerprint density at radius 3 is 1.95 bits per heavy atom. The van der Waals surface area contributed by atoms with Gasteiger partial charge in [0.1, 0.15) is 0 Å². The molecule has 4 nitrogen and oxygen atoms in total. The van der Waals surface area contributed by atoms with Crippen LogP contribution in [-0.2, 0) is 4.79 Å². The van der Waals surface area contributed by atoms with Crippen molar-refractivity contribution in [2.24, 2.45) is 4.99 Å². The molecule has 0 aliphatic heterocycles. The first kappa shape index (κ1) is 22.9. The molecule has 0 fully saturated rings. The molecule has 0 unspecified atom stereocenters. The van der Waals surface area contributed by atoms with Gasteiger partial charge in [-0.2, -0.15) is 0 Å². The van der Waals surface area contributed by atoms with Crippen LogP contribution in [0.2, 0.25) is 0 Å². The molecule has 0 aromatic carbocycles. The Hall–Kier alpha value is 0.576. The summed E-state index contributed by atoms with van der Waals surface area (Å²) < 4.78 is 0. The third-order valence-electron chi connectivity index (χ3n) is 3.11. The molecule has 0 heterocycles. The van der Waals surface area contributed by atoms with Crippen molar-refractivity contribution in [2.45, 2.75) is 77.6 Å². The van der Waals surface area contributed by atoms with Crippen LogP contribution in [0, 0.1) is 0 Å². The van der Waals surface area contributed by atoms with Crippen LogP contribution in [0.1, 0.15) is 77.6 Å². The van der Waals surface area contributed by atoms with Crippen LogP contribution in [0.5, 0.6) is 0 Å². The molecule has 5 heteroatoms. The Bertz CT molecular complexity index is 258. The van der Waals surface area contributed by atoms with Crippen molar-refractivity contribution < 1.29 is 66.4 Å². The number of carbonyl (C=O) groups is 1. The molecule has 112 valence electrons. The number of hydrogen-bond donors (Lipinski definition) is 1. The normalized spacial score (nSPS) is 11.2. The van der Waals surface area contributed by atoms with Gasteiger partial charge in [0, 0.05) is 6.54 Å². The molecule has 0 radical (unpaired) electrons. The van der Waals surface area contributed by atoms with Gasteiger partial charge in [0.2, 0.25) is 0 Å². The number of carboxylic acid groups (broad SMARTS) is 1. The van der Waals surface area contributed by atoms with E-state index in [4.69, 9.17) is 5.11 Å². The van der Waals surface area contributed by atoms with E-state index in [9.17, 15) is 9.90 Å². The fourth-order valence-electron chi connectivity index (χ4n) is 1.94. The van der Waals surface area contributed by atoms with Crippen LogP contribution in [0.4, 0.5) is 0 Å². The zero-order valence-corrected chi connectivity index (χ0v) is 16.3. The second-order valence-corrected chi connectivity index (χ2v) is 5.00. The van der Waals surface area contributed by atoms with E-state index in [0.717, 1.165) is 12.8 Å². The van der Waals surface area contributed by atoms with Gasteiger partial charge in [-0.15, -0.1) is 0 Å². The summed E-state index contributed by atoms with van der Waals surface area (Å²) in [5, 5.41) is 19.7. The Balaban J connectivity index is 0. The number of unbranched alkanes of at least 4 members (excludes halogenated alkanes) is 8. The van der Waals surface area contributed by atoms with E-state index in [1.807, 2.05) is 0 Å². The van der Waals surface area contributed by atoms with Crippen LogP contribution in [-0.4, -0.2) is 23.5 Å². The van der Waals surface area contributed by atoms with Crippen molar-refractivity contribution in [3.8, 4) is 0 Å². The first-order valence-corrected chi connectivity index (χ1v) is 7.59. The van der Waals surface area contributed by atoms with Crippen molar-refractivity contribution >= 4 is 11.9 Å². The first-order chi connectivity index (χ1) is 9.16. The second kappa shape index (κ2) is 17.6. The quantitative estimate of drug-likeness (QED) is 0.228. The topological polar surface area (TPSA) is 72.7 Å². The minimum atomic E-state index is -0.903.